The van der Waals surface area contributed by atoms with Crippen molar-refractivity contribution in [3.8, 4) is 0 Å². The average Bonchev–Trinajstić information content (AvgIpc) is 2.39. The van der Waals surface area contributed by atoms with Crippen LogP contribution in [0.4, 0.5) is 5.69 Å². The van der Waals surface area contributed by atoms with Crippen molar-refractivity contribution < 1.29 is 0 Å². The highest BCUT2D eigenvalue weighted by atomic mass is 15.3. The molecule has 0 N–H and O–H groups in total. The number of aryl methyl sites for hydroxylation is 1. The molecule has 0 aliphatic carbocycles. The van der Waals surface area contributed by atoms with E-state index >= 15 is 0 Å². The van der Waals surface area contributed by atoms with E-state index in [9.17, 15) is 0 Å². The maximum Gasteiger partial charge on any atom is 0.0553 e. The van der Waals surface area contributed by atoms with Gasteiger partial charge in [-0.15, -0.1) is 0 Å². The van der Waals surface area contributed by atoms with Gasteiger partial charge in [0.25, 0.3) is 0 Å². The minimum Gasteiger partial charge on any atom is -0.367 e. The molecule has 3 heteroatoms. The van der Waals surface area contributed by atoms with Crippen molar-refractivity contribution in [2.24, 2.45) is 0 Å². The predicted octanol–water partition coefficient (Wildman–Crippen LogP) is 2.06. The minimum absolute atomic E-state index is 0.777. The first-order chi connectivity index (χ1) is 8.33. The lowest BCUT2D eigenvalue weighted by molar-refractivity contribution is 0.133. The summed E-state index contributed by atoms with van der Waals surface area (Å²) in [4.78, 5) is 9.57. The van der Waals surface area contributed by atoms with E-state index in [0.717, 1.165) is 18.3 Å². The molecule has 1 aromatic rings. The number of hydrogen-bond donors (Lipinski definition) is 0. The van der Waals surface area contributed by atoms with Crippen molar-refractivity contribution in [2.45, 2.75) is 32.2 Å². The molecule has 0 saturated carbocycles. The number of aromatic nitrogens is 1. The van der Waals surface area contributed by atoms with E-state index in [1.54, 1.807) is 0 Å². The molecule has 1 unspecified atom stereocenters. The first-order valence-electron chi connectivity index (χ1n) is 6.74. The van der Waals surface area contributed by atoms with E-state index in [2.05, 4.69) is 26.9 Å². The second kappa shape index (κ2) is 4.65. The number of piperidine rings is 1. The van der Waals surface area contributed by atoms with E-state index in [1.165, 1.54) is 44.6 Å². The fourth-order valence-electron chi connectivity index (χ4n) is 3.04. The maximum absolute atomic E-state index is 4.40. The summed E-state index contributed by atoms with van der Waals surface area (Å²) in [6.07, 6.45) is 6.19. The molecule has 2 saturated heterocycles. The van der Waals surface area contributed by atoms with Crippen LogP contribution in [-0.2, 0) is 0 Å². The number of fused-ring (bicyclic) bond motifs is 1. The van der Waals surface area contributed by atoms with E-state index in [1.807, 2.05) is 13.1 Å². The molecule has 3 nitrogen and oxygen atoms in total. The second-order valence-electron chi connectivity index (χ2n) is 5.29. The molecule has 0 spiro atoms. The maximum atomic E-state index is 4.40. The predicted molar refractivity (Wildman–Crippen MR) is 70.4 cm³/mol. The molecule has 2 aliphatic heterocycles. The number of anilines is 1. The third kappa shape index (κ3) is 2.29. The summed E-state index contributed by atoms with van der Waals surface area (Å²) in [5.41, 5.74) is 2.39. The zero-order valence-corrected chi connectivity index (χ0v) is 10.6. The molecule has 2 aliphatic rings. The molecule has 3 rings (SSSR count). The van der Waals surface area contributed by atoms with Crippen molar-refractivity contribution >= 4 is 5.69 Å². The van der Waals surface area contributed by atoms with Gasteiger partial charge < -0.3 is 4.90 Å². The summed E-state index contributed by atoms with van der Waals surface area (Å²) in [5.74, 6) is 0. The molecule has 0 radical (unpaired) electrons. The van der Waals surface area contributed by atoms with E-state index in [0.29, 0.717) is 0 Å². The van der Waals surface area contributed by atoms with Crippen molar-refractivity contribution in [3.05, 3.63) is 24.0 Å². The van der Waals surface area contributed by atoms with Crippen LogP contribution in [0.5, 0.6) is 0 Å². The number of nitrogens with zero attached hydrogens (tertiary/aromatic N) is 3. The van der Waals surface area contributed by atoms with Gasteiger partial charge in [0, 0.05) is 31.4 Å². The van der Waals surface area contributed by atoms with Crippen LogP contribution in [-0.4, -0.2) is 42.1 Å². The Morgan fingerprint density at radius 1 is 1.18 bits per heavy atom. The summed E-state index contributed by atoms with van der Waals surface area (Å²) in [6.45, 7) is 6.91. The molecule has 2 fully saturated rings. The Bertz CT molecular complexity index is 374. The first kappa shape index (κ1) is 11.0. The molecular formula is C14H21N3. The second-order valence-corrected chi connectivity index (χ2v) is 5.29. The van der Waals surface area contributed by atoms with E-state index in [-0.39, 0.29) is 0 Å². The van der Waals surface area contributed by atoms with Crippen molar-refractivity contribution in [3.63, 3.8) is 0 Å². The molecule has 1 aromatic heterocycles. The van der Waals surface area contributed by atoms with Gasteiger partial charge in [0.15, 0.2) is 0 Å². The van der Waals surface area contributed by atoms with Crippen LogP contribution < -0.4 is 4.90 Å². The van der Waals surface area contributed by atoms with Crippen LogP contribution in [0.2, 0.25) is 0 Å². The lowest BCUT2D eigenvalue weighted by Gasteiger charge is -2.44. The Morgan fingerprint density at radius 2 is 2.12 bits per heavy atom. The smallest absolute Gasteiger partial charge is 0.0553 e. The molecule has 92 valence electrons. The Balaban J connectivity index is 1.71. The van der Waals surface area contributed by atoms with E-state index in [4.69, 9.17) is 0 Å². The molecule has 3 heterocycles. The molecule has 17 heavy (non-hydrogen) atoms. The highest BCUT2D eigenvalue weighted by Gasteiger charge is 2.28. The van der Waals surface area contributed by atoms with Crippen molar-refractivity contribution in [1.29, 1.82) is 0 Å². The largest absolute Gasteiger partial charge is 0.367 e. The monoisotopic (exact) mass is 231 g/mol. The third-order valence-corrected chi connectivity index (χ3v) is 4.10. The Kier molecular flexibility index (Phi) is 3.02. The molecular weight excluding hydrogens is 210 g/mol. The van der Waals surface area contributed by atoms with Crippen LogP contribution in [0.3, 0.4) is 0 Å². The van der Waals surface area contributed by atoms with Crippen LogP contribution in [0.25, 0.3) is 0 Å². The Hall–Kier alpha value is -1.09. The number of hydrogen-bond acceptors (Lipinski definition) is 3. The van der Waals surface area contributed by atoms with Gasteiger partial charge >= 0.3 is 0 Å². The third-order valence-electron chi connectivity index (χ3n) is 4.10. The van der Waals surface area contributed by atoms with Crippen LogP contribution in [0.1, 0.15) is 25.0 Å². The van der Waals surface area contributed by atoms with Crippen LogP contribution >= 0.6 is 0 Å². The lowest BCUT2D eigenvalue weighted by Crippen LogP contribution is -2.54. The zero-order chi connectivity index (χ0) is 11.7. The molecule has 0 aromatic carbocycles. The van der Waals surface area contributed by atoms with Gasteiger partial charge in [-0.2, -0.15) is 0 Å². The number of piperazine rings is 1. The summed E-state index contributed by atoms with van der Waals surface area (Å²) >= 11 is 0. The number of pyridine rings is 1. The summed E-state index contributed by atoms with van der Waals surface area (Å²) in [7, 11) is 0. The molecule has 1 atom stereocenters. The molecule has 0 amide bonds. The van der Waals surface area contributed by atoms with Gasteiger partial charge in [0.1, 0.15) is 0 Å². The SMILES string of the molecule is Cc1ccc(N2CCN3CCCCC3C2)cn1. The standard InChI is InChI=1S/C14H21N3/c1-12-5-6-13(10-15-12)17-9-8-16-7-3-2-4-14(16)11-17/h5-6,10,14H,2-4,7-9,11H2,1H3. The molecule has 0 bridgehead atoms. The first-order valence-corrected chi connectivity index (χ1v) is 6.74. The fraction of sp³-hybridized carbons (Fsp3) is 0.643. The Morgan fingerprint density at radius 3 is 2.94 bits per heavy atom. The van der Waals surface area contributed by atoms with Gasteiger partial charge in [-0.25, -0.2) is 0 Å². The van der Waals surface area contributed by atoms with Crippen LogP contribution in [0, 0.1) is 6.92 Å². The minimum atomic E-state index is 0.777. The normalized spacial score (nSPS) is 25.7. The zero-order valence-electron chi connectivity index (χ0n) is 10.6. The summed E-state index contributed by atoms with van der Waals surface area (Å²) < 4.78 is 0. The van der Waals surface area contributed by atoms with Gasteiger partial charge in [-0.05, 0) is 38.4 Å². The quantitative estimate of drug-likeness (QED) is 0.737. The summed E-state index contributed by atoms with van der Waals surface area (Å²) in [6, 6.07) is 5.10. The van der Waals surface area contributed by atoms with E-state index < -0.39 is 0 Å². The van der Waals surface area contributed by atoms with Crippen LogP contribution in [0.15, 0.2) is 18.3 Å². The van der Waals surface area contributed by atoms with Gasteiger partial charge in [0.05, 0.1) is 11.9 Å². The Labute approximate surface area is 103 Å². The highest BCUT2D eigenvalue weighted by Crippen LogP contribution is 2.24. The fourth-order valence-corrected chi connectivity index (χ4v) is 3.04. The average molecular weight is 231 g/mol. The van der Waals surface area contributed by atoms with Crippen molar-refractivity contribution in [1.82, 2.24) is 9.88 Å². The number of rotatable bonds is 1. The van der Waals surface area contributed by atoms with Gasteiger partial charge in [-0.1, -0.05) is 6.42 Å². The topological polar surface area (TPSA) is 19.4 Å². The van der Waals surface area contributed by atoms with Gasteiger partial charge in [0.2, 0.25) is 0 Å². The summed E-state index contributed by atoms with van der Waals surface area (Å²) in [5, 5.41) is 0. The lowest BCUT2D eigenvalue weighted by atomic mass is 9.99. The van der Waals surface area contributed by atoms with Crippen molar-refractivity contribution in [2.75, 3.05) is 31.1 Å². The highest BCUT2D eigenvalue weighted by molar-refractivity contribution is 5.45. The van der Waals surface area contributed by atoms with Gasteiger partial charge in [-0.3, -0.25) is 9.88 Å².